The zero-order chi connectivity index (χ0) is 26.0. The van der Waals surface area contributed by atoms with Gasteiger partial charge in [-0.1, -0.05) is 56.3 Å². The van der Waals surface area contributed by atoms with Crippen molar-refractivity contribution in [2.75, 3.05) is 16.9 Å². The van der Waals surface area contributed by atoms with E-state index in [4.69, 9.17) is 4.74 Å². The molecule has 0 fully saturated rings. The Hall–Kier alpha value is -3.87. The van der Waals surface area contributed by atoms with E-state index < -0.39 is 12.1 Å². The second-order valence-electron chi connectivity index (χ2n) is 9.31. The van der Waals surface area contributed by atoms with Crippen molar-refractivity contribution in [1.29, 1.82) is 0 Å². The van der Waals surface area contributed by atoms with Crippen molar-refractivity contribution in [2.24, 2.45) is 5.92 Å². The number of hydrogen-bond donors (Lipinski definition) is 1. The standard InChI is InChI=1S/C29H33N3O4/c1-6-18(2)28(34)30-27-19(3)32(20(4)33)25-14-10-9-13-24(25)31(29(27)35)17-23-22-12-8-7-11-21(22)15-16-26(23)36-5/h7-16,18-19,27H,6,17H2,1-5H3,(H,30,34)/t18-,19+,27+/m1/s1. The van der Waals surface area contributed by atoms with E-state index in [2.05, 4.69) is 5.32 Å². The molecule has 0 unspecified atom stereocenters. The van der Waals surface area contributed by atoms with Crippen LogP contribution in [-0.2, 0) is 20.9 Å². The van der Waals surface area contributed by atoms with Crippen LogP contribution in [0.15, 0.2) is 60.7 Å². The third-order valence-electron chi connectivity index (χ3n) is 7.08. The second kappa shape index (κ2) is 10.4. The Balaban J connectivity index is 1.88. The zero-order valence-electron chi connectivity index (χ0n) is 21.4. The van der Waals surface area contributed by atoms with Crippen LogP contribution in [0.4, 0.5) is 11.4 Å². The van der Waals surface area contributed by atoms with Crippen molar-refractivity contribution in [3.8, 4) is 5.75 Å². The molecule has 0 bridgehead atoms. The number of nitrogens with zero attached hydrogens (tertiary/aromatic N) is 2. The maximum atomic E-state index is 14.2. The van der Waals surface area contributed by atoms with E-state index in [1.165, 1.54) is 6.92 Å². The highest BCUT2D eigenvalue weighted by Gasteiger charge is 2.41. The summed E-state index contributed by atoms with van der Waals surface area (Å²) in [7, 11) is 1.61. The number of ether oxygens (including phenoxy) is 1. The number of amides is 3. The van der Waals surface area contributed by atoms with Gasteiger partial charge in [-0.25, -0.2) is 0 Å². The molecule has 1 N–H and O–H groups in total. The molecular weight excluding hydrogens is 454 g/mol. The van der Waals surface area contributed by atoms with Crippen molar-refractivity contribution in [1.82, 2.24) is 5.32 Å². The molecule has 3 aromatic carbocycles. The van der Waals surface area contributed by atoms with E-state index in [-0.39, 0.29) is 30.2 Å². The predicted molar refractivity (Wildman–Crippen MR) is 142 cm³/mol. The van der Waals surface area contributed by atoms with Crippen LogP contribution >= 0.6 is 0 Å². The van der Waals surface area contributed by atoms with Crippen molar-refractivity contribution in [2.45, 2.75) is 52.7 Å². The number of methoxy groups -OCH3 is 1. The fourth-order valence-corrected chi connectivity index (χ4v) is 4.87. The van der Waals surface area contributed by atoms with Crippen LogP contribution in [-0.4, -0.2) is 36.9 Å². The molecule has 4 rings (SSSR count). The number of carbonyl (C=O) groups is 3. The average molecular weight is 488 g/mol. The molecule has 7 nitrogen and oxygen atoms in total. The molecule has 0 aromatic heterocycles. The molecule has 0 radical (unpaired) electrons. The van der Waals surface area contributed by atoms with Crippen LogP contribution in [0.5, 0.6) is 5.75 Å². The number of carbonyl (C=O) groups excluding carboxylic acids is 3. The van der Waals surface area contributed by atoms with Gasteiger partial charge in [0.25, 0.3) is 5.91 Å². The van der Waals surface area contributed by atoms with Gasteiger partial charge in [-0.3, -0.25) is 14.4 Å². The summed E-state index contributed by atoms with van der Waals surface area (Å²) in [6.07, 6.45) is 0.648. The maximum Gasteiger partial charge on any atom is 0.252 e. The minimum absolute atomic E-state index is 0.199. The van der Waals surface area contributed by atoms with Gasteiger partial charge in [-0.05, 0) is 42.3 Å². The summed E-state index contributed by atoms with van der Waals surface area (Å²) in [5.74, 6) is -0.270. The molecular formula is C29H33N3O4. The first kappa shape index (κ1) is 25.2. The molecule has 3 aromatic rings. The summed E-state index contributed by atoms with van der Waals surface area (Å²) in [4.78, 5) is 43.3. The topological polar surface area (TPSA) is 79.0 Å². The van der Waals surface area contributed by atoms with Crippen LogP contribution in [0, 0.1) is 5.92 Å². The van der Waals surface area contributed by atoms with Gasteiger partial charge in [0.05, 0.1) is 31.1 Å². The van der Waals surface area contributed by atoms with Crippen molar-refractivity contribution >= 4 is 39.9 Å². The molecule has 0 spiro atoms. The molecule has 188 valence electrons. The Morgan fingerprint density at radius 1 is 1.03 bits per heavy atom. The smallest absolute Gasteiger partial charge is 0.252 e. The zero-order valence-corrected chi connectivity index (χ0v) is 21.4. The quantitative estimate of drug-likeness (QED) is 0.548. The van der Waals surface area contributed by atoms with Crippen molar-refractivity contribution in [3.05, 3.63) is 66.2 Å². The lowest BCUT2D eigenvalue weighted by Crippen LogP contribution is -2.58. The highest BCUT2D eigenvalue weighted by molar-refractivity contribution is 6.08. The number of hydrogen-bond acceptors (Lipinski definition) is 4. The first-order valence-electron chi connectivity index (χ1n) is 12.3. The van der Waals surface area contributed by atoms with Crippen molar-refractivity contribution in [3.63, 3.8) is 0 Å². The Labute approximate surface area is 212 Å². The Morgan fingerprint density at radius 3 is 2.36 bits per heavy atom. The summed E-state index contributed by atoms with van der Waals surface area (Å²) in [5, 5.41) is 4.96. The van der Waals surface area contributed by atoms with Crippen LogP contribution in [0.2, 0.25) is 0 Å². The van der Waals surface area contributed by atoms with Gasteiger partial charge >= 0.3 is 0 Å². The van der Waals surface area contributed by atoms with E-state index in [0.717, 1.165) is 16.3 Å². The monoisotopic (exact) mass is 487 g/mol. The fraction of sp³-hybridized carbons (Fsp3) is 0.345. The van der Waals surface area contributed by atoms with E-state index in [0.29, 0.717) is 23.5 Å². The van der Waals surface area contributed by atoms with Crippen molar-refractivity contribution < 1.29 is 19.1 Å². The summed E-state index contributed by atoms with van der Waals surface area (Å²) in [5.41, 5.74) is 2.10. The fourth-order valence-electron chi connectivity index (χ4n) is 4.87. The Kier molecular flexibility index (Phi) is 7.29. The molecule has 1 aliphatic rings. The van der Waals surface area contributed by atoms with E-state index >= 15 is 0 Å². The molecule has 0 saturated carbocycles. The molecule has 7 heteroatoms. The number of fused-ring (bicyclic) bond motifs is 2. The summed E-state index contributed by atoms with van der Waals surface area (Å²) < 4.78 is 5.70. The lowest BCUT2D eigenvalue weighted by atomic mass is 10.0. The summed E-state index contributed by atoms with van der Waals surface area (Å²) in [6.45, 7) is 7.26. The summed E-state index contributed by atoms with van der Waals surface area (Å²) in [6, 6.07) is 17.7. The number of rotatable bonds is 6. The highest BCUT2D eigenvalue weighted by atomic mass is 16.5. The molecule has 3 amide bonds. The van der Waals surface area contributed by atoms with Gasteiger partial charge in [0.2, 0.25) is 11.8 Å². The van der Waals surface area contributed by atoms with Crippen LogP contribution in [0.1, 0.15) is 39.7 Å². The van der Waals surface area contributed by atoms with Crippen LogP contribution in [0.3, 0.4) is 0 Å². The minimum atomic E-state index is -0.913. The highest BCUT2D eigenvalue weighted by Crippen LogP contribution is 2.38. The molecule has 0 aliphatic carbocycles. The van der Waals surface area contributed by atoms with Gasteiger partial charge in [0.15, 0.2) is 0 Å². The Bertz CT molecular complexity index is 1300. The van der Waals surface area contributed by atoms with E-state index in [9.17, 15) is 14.4 Å². The minimum Gasteiger partial charge on any atom is -0.496 e. The normalized spacial score (nSPS) is 18.4. The van der Waals surface area contributed by atoms with E-state index in [1.54, 1.807) is 23.8 Å². The number of benzene rings is 3. The van der Waals surface area contributed by atoms with Crippen LogP contribution in [0.25, 0.3) is 10.8 Å². The molecule has 3 atom stereocenters. The number of anilines is 2. The lowest BCUT2D eigenvalue weighted by Gasteiger charge is -2.32. The third-order valence-corrected chi connectivity index (χ3v) is 7.08. The van der Waals surface area contributed by atoms with Gasteiger partial charge < -0.3 is 19.9 Å². The average Bonchev–Trinajstić information content (AvgIpc) is 2.97. The van der Waals surface area contributed by atoms with Crippen LogP contribution < -0.4 is 19.9 Å². The van der Waals surface area contributed by atoms with Gasteiger partial charge in [-0.2, -0.15) is 0 Å². The maximum absolute atomic E-state index is 14.2. The van der Waals surface area contributed by atoms with Gasteiger partial charge in [-0.15, -0.1) is 0 Å². The molecule has 0 saturated heterocycles. The lowest BCUT2D eigenvalue weighted by molar-refractivity contribution is -0.130. The largest absolute Gasteiger partial charge is 0.496 e. The second-order valence-corrected chi connectivity index (χ2v) is 9.31. The van der Waals surface area contributed by atoms with Gasteiger partial charge in [0.1, 0.15) is 11.8 Å². The molecule has 36 heavy (non-hydrogen) atoms. The SMILES string of the molecule is CC[C@@H](C)C(=O)N[C@@H]1C(=O)N(Cc2c(OC)ccc3ccccc23)c2ccccc2N(C(C)=O)[C@H]1C. The first-order valence-corrected chi connectivity index (χ1v) is 12.3. The Morgan fingerprint density at radius 2 is 1.69 bits per heavy atom. The molecule has 1 aliphatic heterocycles. The van der Waals surface area contributed by atoms with Gasteiger partial charge in [0, 0.05) is 18.4 Å². The first-order chi connectivity index (χ1) is 17.3. The third kappa shape index (κ3) is 4.53. The number of nitrogens with one attached hydrogen (secondary N) is 1. The predicted octanol–water partition coefficient (Wildman–Crippen LogP) is 4.67. The molecule has 1 heterocycles. The number of para-hydroxylation sites is 2. The van der Waals surface area contributed by atoms with E-state index in [1.807, 2.05) is 74.5 Å². The summed E-state index contributed by atoms with van der Waals surface area (Å²) >= 11 is 0.